The van der Waals surface area contributed by atoms with E-state index < -0.39 is 0 Å². The number of thiophene rings is 1. The number of hydrogen-bond donors (Lipinski definition) is 0. The average molecular weight is 720 g/mol. The van der Waals surface area contributed by atoms with E-state index in [0.717, 1.165) is 50.1 Å². The van der Waals surface area contributed by atoms with Crippen molar-refractivity contribution in [3.63, 3.8) is 0 Å². The van der Waals surface area contributed by atoms with Crippen LogP contribution < -0.4 is 4.90 Å². The van der Waals surface area contributed by atoms with Crippen molar-refractivity contribution in [3.05, 3.63) is 200 Å². The normalized spacial score (nSPS) is 11.6. The molecule has 3 heteroatoms. The van der Waals surface area contributed by atoms with Crippen molar-refractivity contribution in [1.29, 1.82) is 0 Å². The van der Waals surface area contributed by atoms with Crippen LogP contribution in [0.4, 0.5) is 17.1 Å². The molecule has 0 saturated carbocycles. The minimum absolute atomic E-state index is 0.876. The van der Waals surface area contributed by atoms with Crippen molar-refractivity contribution in [2.24, 2.45) is 0 Å². The van der Waals surface area contributed by atoms with E-state index in [4.69, 9.17) is 4.42 Å². The third kappa shape index (κ3) is 5.32. The first-order valence-corrected chi connectivity index (χ1v) is 19.5. The van der Waals surface area contributed by atoms with Crippen molar-refractivity contribution in [3.8, 4) is 33.4 Å². The van der Waals surface area contributed by atoms with Crippen LogP contribution in [0.2, 0.25) is 0 Å². The Labute approximate surface area is 322 Å². The number of hydrogen-bond acceptors (Lipinski definition) is 3. The molecule has 2 heterocycles. The summed E-state index contributed by atoms with van der Waals surface area (Å²) in [5, 5.41) is 7.19. The Balaban J connectivity index is 1.11. The molecule has 0 bridgehead atoms. The molecular weight excluding hydrogens is 687 g/mol. The Kier molecular flexibility index (Phi) is 7.39. The van der Waals surface area contributed by atoms with E-state index in [2.05, 4.69) is 205 Å². The van der Waals surface area contributed by atoms with E-state index >= 15 is 0 Å². The van der Waals surface area contributed by atoms with Gasteiger partial charge in [0.2, 0.25) is 0 Å². The summed E-state index contributed by atoms with van der Waals surface area (Å²) in [6.07, 6.45) is 0. The van der Waals surface area contributed by atoms with Gasteiger partial charge in [0, 0.05) is 42.5 Å². The first-order chi connectivity index (χ1) is 27.3. The summed E-state index contributed by atoms with van der Waals surface area (Å²) < 4.78 is 9.41. The van der Waals surface area contributed by atoms with Crippen molar-refractivity contribution in [2.45, 2.75) is 0 Å². The van der Waals surface area contributed by atoms with Crippen LogP contribution in [0, 0.1) is 0 Å². The smallest absolute Gasteiger partial charge is 0.145 e. The number of benzene rings is 9. The topological polar surface area (TPSA) is 16.4 Å². The van der Waals surface area contributed by atoms with Gasteiger partial charge in [-0.1, -0.05) is 152 Å². The van der Waals surface area contributed by atoms with Crippen molar-refractivity contribution in [2.75, 3.05) is 4.90 Å². The molecule has 0 amide bonds. The Morgan fingerprint density at radius 3 is 1.78 bits per heavy atom. The maximum atomic E-state index is 6.85. The Hall–Kier alpha value is -6.94. The Morgan fingerprint density at radius 2 is 0.982 bits per heavy atom. The average Bonchev–Trinajstić information content (AvgIpc) is 3.83. The van der Waals surface area contributed by atoms with Gasteiger partial charge in [0.1, 0.15) is 11.2 Å². The lowest BCUT2D eigenvalue weighted by molar-refractivity contribution is 0.670. The van der Waals surface area contributed by atoms with E-state index in [-0.39, 0.29) is 0 Å². The van der Waals surface area contributed by atoms with Crippen LogP contribution >= 0.6 is 11.3 Å². The molecule has 0 aliphatic carbocycles. The van der Waals surface area contributed by atoms with Crippen LogP contribution in [0.1, 0.15) is 0 Å². The zero-order valence-corrected chi connectivity index (χ0v) is 30.6. The van der Waals surface area contributed by atoms with Gasteiger partial charge >= 0.3 is 0 Å². The molecule has 0 aliphatic rings. The number of furan rings is 1. The van der Waals surface area contributed by atoms with Gasteiger partial charge in [-0.3, -0.25) is 0 Å². The van der Waals surface area contributed by atoms with E-state index in [9.17, 15) is 0 Å². The summed E-state index contributed by atoms with van der Waals surface area (Å²) in [4.78, 5) is 2.41. The molecule has 2 aromatic heterocycles. The van der Waals surface area contributed by atoms with Gasteiger partial charge in [-0.05, 0) is 87.1 Å². The standard InChI is InChI=1S/C52H33NOS/c1-2-11-34(12-3-1)35-21-23-36(24-22-35)37-25-27-39(28-26-37)53(40-29-30-44-43-16-7-9-20-49(43)55-50(44)33-40)47-32-31-45(42-18-10-14-38-13-4-5-15-41(38)42)52-51(47)46-17-6-8-19-48(46)54-52/h1-33H. The maximum Gasteiger partial charge on any atom is 0.145 e. The second kappa shape index (κ2) is 12.9. The number of para-hydroxylation sites is 1. The highest BCUT2D eigenvalue weighted by Gasteiger charge is 2.23. The summed E-state index contributed by atoms with van der Waals surface area (Å²) in [5.41, 5.74) is 12.1. The minimum Gasteiger partial charge on any atom is -0.455 e. The second-order valence-electron chi connectivity index (χ2n) is 14.1. The lowest BCUT2D eigenvalue weighted by Gasteiger charge is -2.27. The lowest BCUT2D eigenvalue weighted by atomic mass is 9.95. The first kappa shape index (κ1) is 31.6. The molecule has 11 aromatic rings. The molecular formula is C52H33NOS. The lowest BCUT2D eigenvalue weighted by Crippen LogP contribution is -2.10. The van der Waals surface area contributed by atoms with Gasteiger partial charge in [0.15, 0.2) is 0 Å². The van der Waals surface area contributed by atoms with Crippen LogP contribution in [0.5, 0.6) is 0 Å². The number of anilines is 3. The molecule has 0 aliphatic heterocycles. The van der Waals surface area contributed by atoms with E-state index in [1.807, 2.05) is 11.3 Å². The van der Waals surface area contributed by atoms with Gasteiger partial charge in [-0.2, -0.15) is 0 Å². The van der Waals surface area contributed by atoms with Crippen LogP contribution in [0.15, 0.2) is 205 Å². The fourth-order valence-electron chi connectivity index (χ4n) is 8.24. The molecule has 11 rings (SSSR count). The van der Waals surface area contributed by atoms with Crippen LogP contribution in [-0.2, 0) is 0 Å². The SMILES string of the molecule is c1ccc(-c2ccc(-c3ccc(N(c4ccc5c(c4)sc4ccccc45)c4ccc(-c5cccc6ccccc56)c5oc6ccccc6c45)cc3)cc2)cc1. The summed E-state index contributed by atoms with van der Waals surface area (Å²) in [6.45, 7) is 0. The maximum absolute atomic E-state index is 6.85. The Bertz CT molecular complexity index is 3190. The number of rotatable bonds is 6. The van der Waals surface area contributed by atoms with E-state index in [1.165, 1.54) is 53.2 Å². The van der Waals surface area contributed by atoms with Gasteiger partial charge in [0.25, 0.3) is 0 Å². The second-order valence-corrected chi connectivity index (χ2v) is 15.1. The zero-order valence-electron chi connectivity index (χ0n) is 29.8. The predicted octanol–water partition coefficient (Wildman–Crippen LogP) is 15.6. The molecule has 258 valence electrons. The number of fused-ring (bicyclic) bond motifs is 7. The summed E-state index contributed by atoms with van der Waals surface area (Å²) in [5.74, 6) is 0. The quantitative estimate of drug-likeness (QED) is 0.170. The van der Waals surface area contributed by atoms with Gasteiger partial charge in [-0.25, -0.2) is 0 Å². The van der Waals surface area contributed by atoms with Crippen molar-refractivity contribution >= 4 is 81.3 Å². The van der Waals surface area contributed by atoms with Crippen LogP contribution in [0.25, 0.3) is 86.3 Å². The van der Waals surface area contributed by atoms with Crippen molar-refractivity contribution < 1.29 is 4.42 Å². The van der Waals surface area contributed by atoms with E-state index in [1.54, 1.807) is 0 Å². The van der Waals surface area contributed by atoms with E-state index in [0.29, 0.717) is 0 Å². The molecule has 9 aromatic carbocycles. The summed E-state index contributed by atoms with van der Waals surface area (Å²) in [7, 11) is 0. The van der Waals surface area contributed by atoms with Crippen molar-refractivity contribution in [1.82, 2.24) is 0 Å². The van der Waals surface area contributed by atoms with Gasteiger partial charge in [-0.15, -0.1) is 11.3 Å². The molecule has 55 heavy (non-hydrogen) atoms. The third-order valence-electron chi connectivity index (χ3n) is 10.9. The highest BCUT2D eigenvalue weighted by Crippen LogP contribution is 2.48. The minimum atomic E-state index is 0.876. The number of nitrogens with zero attached hydrogens (tertiary/aromatic N) is 1. The van der Waals surface area contributed by atoms with Crippen LogP contribution in [-0.4, -0.2) is 0 Å². The molecule has 2 nitrogen and oxygen atoms in total. The summed E-state index contributed by atoms with van der Waals surface area (Å²) in [6, 6.07) is 72.1. The first-order valence-electron chi connectivity index (χ1n) is 18.7. The molecule has 0 unspecified atom stereocenters. The molecule has 0 saturated heterocycles. The monoisotopic (exact) mass is 719 g/mol. The Morgan fingerprint density at radius 1 is 0.382 bits per heavy atom. The highest BCUT2D eigenvalue weighted by molar-refractivity contribution is 7.25. The molecule has 0 fully saturated rings. The molecule has 0 spiro atoms. The summed E-state index contributed by atoms with van der Waals surface area (Å²) >= 11 is 1.85. The van der Waals surface area contributed by atoms with Gasteiger partial charge < -0.3 is 9.32 Å². The fraction of sp³-hybridized carbons (Fsp3) is 0. The third-order valence-corrected chi connectivity index (χ3v) is 12.0. The largest absolute Gasteiger partial charge is 0.455 e. The fourth-order valence-corrected chi connectivity index (χ4v) is 9.38. The predicted molar refractivity (Wildman–Crippen MR) is 235 cm³/mol. The molecule has 0 atom stereocenters. The molecule has 0 radical (unpaired) electrons. The zero-order chi connectivity index (χ0) is 36.3. The highest BCUT2D eigenvalue weighted by atomic mass is 32.1. The van der Waals surface area contributed by atoms with Gasteiger partial charge in [0.05, 0.1) is 11.1 Å². The molecule has 0 N–H and O–H groups in total. The van der Waals surface area contributed by atoms with Crippen LogP contribution in [0.3, 0.4) is 0 Å².